The molecule has 0 saturated carbocycles. The number of hydrogen-bond acceptors (Lipinski definition) is 5. The lowest BCUT2D eigenvalue weighted by Crippen LogP contribution is -2.35. The Morgan fingerprint density at radius 3 is 2.00 bits per heavy atom. The maximum atomic E-state index is 11.4. The first kappa shape index (κ1) is 12.8. The van der Waals surface area contributed by atoms with E-state index in [-0.39, 0.29) is 5.71 Å². The average Bonchev–Trinajstić information content (AvgIpc) is 1.95. The van der Waals surface area contributed by atoms with Gasteiger partial charge in [-0.1, -0.05) is 5.16 Å². The largest absolute Gasteiger partial charge is 0.515 e. The Balaban J connectivity index is 4.64. The van der Waals surface area contributed by atoms with E-state index in [4.69, 9.17) is 4.43 Å². The highest BCUT2D eigenvalue weighted by Gasteiger charge is 2.26. The Kier molecular flexibility index (Phi) is 4.49. The molecule has 0 unspecified atom stereocenters. The molecule has 0 heterocycles. The highest BCUT2D eigenvalue weighted by molar-refractivity contribution is 6.75. The van der Waals surface area contributed by atoms with Crippen molar-refractivity contribution in [3.63, 3.8) is 0 Å². The van der Waals surface area contributed by atoms with Gasteiger partial charge in [-0.15, -0.1) is 0 Å². The van der Waals surface area contributed by atoms with Gasteiger partial charge in [0.05, 0.1) is 0 Å². The van der Waals surface area contributed by atoms with Crippen LogP contribution in [0.1, 0.15) is 6.92 Å². The molecule has 0 aromatic rings. The van der Waals surface area contributed by atoms with Crippen molar-refractivity contribution in [1.29, 1.82) is 0 Å². The zero-order valence-electron chi connectivity index (χ0n) is 9.08. The van der Waals surface area contributed by atoms with E-state index in [9.17, 15) is 9.59 Å². The van der Waals surface area contributed by atoms with Crippen LogP contribution >= 0.6 is 0 Å². The summed E-state index contributed by atoms with van der Waals surface area (Å²) in [5.74, 6) is -1.17. The summed E-state index contributed by atoms with van der Waals surface area (Å²) in [5, 5.41) is 3.32. The van der Waals surface area contributed by atoms with Gasteiger partial charge in [0.1, 0.15) is 7.11 Å². The van der Waals surface area contributed by atoms with E-state index < -0.39 is 20.1 Å². The van der Waals surface area contributed by atoms with Crippen molar-refractivity contribution in [1.82, 2.24) is 0 Å². The Hall–Kier alpha value is -1.17. The summed E-state index contributed by atoms with van der Waals surface area (Å²) in [6.45, 7) is 6.77. The van der Waals surface area contributed by atoms with Gasteiger partial charge in [0.2, 0.25) is 14.0 Å². The summed E-state index contributed by atoms with van der Waals surface area (Å²) in [6.07, 6.45) is 0. The zero-order valence-corrected chi connectivity index (χ0v) is 10.1. The zero-order chi connectivity index (χ0) is 11.4. The standard InChI is InChI=1S/C8H15NO4Si/c1-6(10)7(9-12-2)8(11)13-14(3,4)5/h1-5H3. The molecule has 0 aliphatic rings. The van der Waals surface area contributed by atoms with Gasteiger partial charge < -0.3 is 9.26 Å². The number of carbonyl (C=O) groups excluding carboxylic acids is 2. The molecule has 0 fully saturated rings. The van der Waals surface area contributed by atoms with Crippen molar-refractivity contribution in [2.75, 3.05) is 7.11 Å². The Morgan fingerprint density at radius 2 is 1.71 bits per heavy atom. The van der Waals surface area contributed by atoms with Crippen molar-refractivity contribution >= 4 is 25.8 Å². The van der Waals surface area contributed by atoms with Gasteiger partial charge >= 0.3 is 5.97 Å². The summed E-state index contributed by atoms with van der Waals surface area (Å²) in [4.78, 5) is 26.7. The molecule has 6 heteroatoms. The second kappa shape index (κ2) is 4.90. The van der Waals surface area contributed by atoms with Gasteiger partial charge in [0.15, 0.2) is 5.78 Å². The molecular weight excluding hydrogens is 202 g/mol. The smallest absolute Gasteiger partial charge is 0.350 e. The fourth-order valence-electron chi connectivity index (χ4n) is 0.663. The Morgan fingerprint density at radius 1 is 1.21 bits per heavy atom. The third-order valence-corrected chi connectivity index (χ3v) is 1.91. The van der Waals surface area contributed by atoms with Crippen LogP contribution in [0.3, 0.4) is 0 Å². The first-order valence-corrected chi connectivity index (χ1v) is 7.54. The molecule has 0 aromatic heterocycles. The highest BCUT2D eigenvalue weighted by atomic mass is 28.4. The van der Waals surface area contributed by atoms with Gasteiger partial charge in [0.25, 0.3) is 0 Å². The van der Waals surface area contributed by atoms with Crippen LogP contribution in [0.25, 0.3) is 0 Å². The second-order valence-electron chi connectivity index (χ2n) is 3.68. The molecule has 80 valence electrons. The summed E-state index contributed by atoms with van der Waals surface area (Å²) in [7, 11) is -0.728. The number of carbonyl (C=O) groups is 2. The van der Waals surface area contributed by atoms with E-state index in [1.807, 2.05) is 19.6 Å². The van der Waals surface area contributed by atoms with Crippen LogP contribution in [-0.4, -0.2) is 32.9 Å². The summed E-state index contributed by atoms with van der Waals surface area (Å²) >= 11 is 0. The van der Waals surface area contributed by atoms with Crippen LogP contribution in [0.5, 0.6) is 0 Å². The van der Waals surface area contributed by atoms with Crippen LogP contribution in [0, 0.1) is 0 Å². The van der Waals surface area contributed by atoms with Gasteiger partial charge in [-0.3, -0.25) is 4.79 Å². The number of Topliss-reactive ketones (excluding diaryl/α,β-unsaturated/α-hetero) is 1. The Bertz CT molecular complexity index is 267. The molecule has 0 amide bonds. The predicted octanol–water partition coefficient (Wildman–Crippen LogP) is 0.956. The summed E-state index contributed by atoms with van der Waals surface area (Å²) in [5.41, 5.74) is -0.296. The van der Waals surface area contributed by atoms with E-state index in [1.54, 1.807) is 0 Å². The van der Waals surface area contributed by atoms with E-state index >= 15 is 0 Å². The van der Waals surface area contributed by atoms with Crippen LogP contribution in [0.4, 0.5) is 0 Å². The molecule has 14 heavy (non-hydrogen) atoms. The average molecular weight is 217 g/mol. The van der Waals surface area contributed by atoms with Crippen LogP contribution in [0.2, 0.25) is 19.6 Å². The first-order valence-electron chi connectivity index (χ1n) is 4.13. The fraction of sp³-hybridized carbons (Fsp3) is 0.625. The van der Waals surface area contributed by atoms with Gasteiger partial charge in [-0.2, -0.15) is 0 Å². The lowest BCUT2D eigenvalue weighted by Gasteiger charge is -2.16. The van der Waals surface area contributed by atoms with Crippen molar-refractivity contribution in [3.8, 4) is 0 Å². The normalized spacial score (nSPS) is 12.2. The maximum Gasteiger partial charge on any atom is 0.350 e. The molecule has 0 saturated heterocycles. The van der Waals surface area contributed by atoms with E-state index in [0.717, 1.165) is 0 Å². The lowest BCUT2D eigenvalue weighted by atomic mass is 10.3. The summed E-state index contributed by atoms with van der Waals surface area (Å²) < 4.78 is 5.08. The molecule has 5 nitrogen and oxygen atoms in total. The molecular formula is C8H15NO4Si. The van der Waals surface area contributed by atoms with Crippen LogP contribution < -0.4 is 0 Å². The topological polar surface area (TPSA) is 65.0 Å². The molecule has 0 aliphatic carbocycles. The number of ketones is 1. The van der Waals surface area contributed by atoms with Crippen molar-refractivity contribution in [2.45, 2.75) is 26.6 Å². The minimum Gasteiger partial charge on any atom is -0.515 e. The van der Waals surface area contributed by atoms with Crippen molar-refractivity contribution in [3.05, 3.63) is 0 Å². The molecule has 0 spiro atoms. The molecule has 0 rings (SSSR count). The Labute approximate surface area is 84.2 Å². The molecule has 0 radical (unpaired) electrons. The van der Waals surface area contributed by atoms with Gasteiger partial charge in [0, 0.05) is 6.92 Å². The lowest BCUT2D eigenvalue weighted by molar-refractivity contribution is -0.128. The van der Waals surface area contributed by atoms with E-state index in [1.165, 1.54) is 14.0 Å². The molecule has 0 aromatic carbocycles. The first-order chi connectivity index (χ1) is 6.28. The van der Waals surface area contributed by atoms with Gasteiger partial charge in [-0.25, -0.2) is 4.79 Å². The third-order valence-electron chi connectivity index (χ3n) is 1.11. The second-order valence-corrected chi connectivity index (χ2v) is 8.11. The molecule has 0 atom stereocenters. The number of hydrogen-bond donors (Lipinski definition) is 0. The highest BCUT2D eigenvalue weighted by Crippen LogP contribution is 2.04. The van der Waals surface area contributed by atoms with E-state index in [0.29, 0.717) is 0 Å². The van der Waals surface area contributed by atoms with Crippen LogP contribution in [0.15, 0.2) is 5.16 Å². The molecule has 0 aliphatic heterocycles. The molecule has 0 bridgehead atoms. The fourth-order valence-corrected chi connectivity index (χ4v) is 1.32. The van der Waals surface area contributed by atoms with Crippen LogP contribution in [-0.2, 0) is 18.9 Å². The number of rotatable bonds is 4. The van der Waals surface area contributed by atoms with Crippen molar-refractivity contribution < 1.29 is 18.9 Å². The minimum atomic E-state index is -2.00. The number of nitrogens with zero attached hydrogens (tertiary/aromatic N) is 1. The SMILES string of the molecule is CON=C(C(C)=O)C(=O)O[Si](C)(C)C. The van der Waals surface area contributed by atoms with Crippen molar-refractivity contribution in [2.24, 2.45) is 5.16 Å². The molecule has 0 N–H and O–H groups in total. The number of oxime groups is 1. The minimum absolute atomic E-state index is 0.296. The third kappa shape index (κ3) is 4.76. The quantitative estimate of drug-likeness (QED) is 0.304. The predicted molar refractivity (Wildman–Crippen MR) is 54.6 cm³/mol. The monoisotopic (exact) mass is 217 g/mol. The van der Waals surface area contributed by atoms with E-state index in [2.05, 4.69) is 9.99 Å². The maximum absolute atomic E-state index is 11.4. The summed E-state index contributed by atoms with van der Waals surface area (Å²) in [6, 6.07) is 0. The van der Waals surface area contributed by atoms with Gasteiger partial charge in [-0.05, 0) is 19.6 Å².